The molecule has 0 unspecified atom stereocenters. The van der Waals surface area contributed by atoms with Crippen molar-refractivity contribution in [2.75, 3.05) is 0 Å². The van der Waals surface area contributed by atoms with Gasteiger partial charge in [0.2, 0.25) is 0 Å². The van der Waals surface area contributed by atoms with Crippen LogP contribution in [0.15, 0.2) is 18.2 Å². The summed E-state index contributed by atoms with van der Waals surface area (Å²) < 4.78 is 0. The van der Waals surface area contributed by atoms with Gasteiger partial charge in [0.15, 0.2) is 0 Å². The minimum Gasteiger partial charge on any atom is -0.0614 e. The SMILES string of the molecule is CC1=c2c(C)cccc2=CC1=[SiH2]. The summed E-state index contributed by atoms with van der Waals surface area (Å²) in [5.41, 5.74) is 2.84. The van der Waals surface area contributed by atoms with Crippen LogP contribution in [-0.4, -0.2) is 15.0 Å². The molecule has 2 rings (SSSR count). The molecule has 0 amide bonds. The number of aryl methyl sites for hydroxylation is 1. The van der Waals surface area contributed by atoms with Gasteiger partial charge in [-0.05, 0) is 50.4 Å². The Bertz CT molecular complexity index is 466. The molecule has 0 atom stereocenters. The first-order valence-electron chi connectivity index (χ1n) is 4.17. The van der Waals surface area contributed by atoms with Gasteiger partial charge in [-0.25, -0.2) is 0 Å². The zero-order chi connectivity index (χ0) is 8.72. The van der Waals surface area contributed by atoms with E-state index in [9.17, 15) is 0 Å². The van der Waals surface area contributed by atoms with Crippen LogP contribution in [0, 0.1) is 6.92 Å². The molecule has 0 aliphatic heterocycles. The Kier molecular flexibility index (Phi) is 1.62. The molecule has 0 bridgehead atoms. The van der Waals surface area contributed by atoms with E-state index in [2.05, 4.69) is 38.1 Å². The number of hydrogen-bond donors (Lipinski definition) is 0. The van der Waals surface area contributed by atoms with Crippen LogP contribution in [0.1, 0.15) is 12.5 Å². The van der Waals surface area contributed by atoms with Crippen LogP contribution in [0.3, 0.4) is 0 Å². The summed E-state index contributed by atoms with van der Waals surface area (Å²) in [4.78, 5) is 0. The lowest BCUT2D eigenvalue weighted by Gasteiger charge is -1.95. The molecule has 1 aromatic carbocycles. The average molecular weight is 172 g/mol. The molecule has 0 heterocycles. The summed E-state index contributed by atoms with van der Waals surface area (Å²) in [6, 6.07) is 6.49. The van der Waals surface area contributed by atoms with Gasteiger partial charge in [-0.15, -0.1) is 0 Å². The molecule has 1 heteroatoms. The van der Waals surface area contributed by atoms with Crippen molar-refractivity contribution in [2.24, 2.45) is 0 Å². The number of benzene rings is 1. The van der Waals surface area contributed by atoms with Gasteiger partial charge in [0.05, 0.1) is 0 Å². The Labute approximate surface area is 75.3 Å². The Morgan fingerprint density at radius 1 is 1.17 bits per heavy atom. The molecule has 0 radical (unpaired) electrons. The third-order valence-corrected chi connectivity index (χ3v) is 3.23. The van der Waals surface area contributed by atoms with Gasteiger partial charge in [0.1, 0.15) is 0 Å². The van der Waals surface area contributed by atoms with E-state index in [1.54, 1.807) is 0 Å². The third kappa shape index (κ3) is 0.934. The Hall–Kier alpha value is -0.953. The highest BCUT2D eigenvalue weighted by Gasteiger charge is 2.04. The maximum Gasteiger partial charge on any atom is -0.0124 e. The first kappa shape index (κ1) is 7.68. The molecule has 0 saturated heterocycles. The van der Waals surface area contributed by atoms with Gasteiger partial charge in [0, 0.05) is 0 Å². The van der Waals surface area contributed by atoms with Gasteiger partial charge >= 0.3 is 0 Å². The molecule has 1 aliphatic rings. The van der Waals surface area contributed by atoms with E-state index in [0.717, 1.165) is 0 Å². The molecule has 0 nitrogen and oxygen atoms in total. The lowest BCUT2D eigenvalue weighted by atomic mass is 10.1. The number of rotatable bonds is 0. The Balaban J connectivity index is 3.04. The topological polar surface area (TPSA) is 0 Å². The molecule has 1 aromatic rings. The third-order valence-electron chi connectivity index (χ3n) is 2.49. The molecule has 60 valence electrons. The predicted molar refractivity (Wildman–Crippen MR) is 57.5 cm³/mol. The van der Waals surface area contributed by atoms with Crippen molar-refractivity contribution in [3.63, 3.8) is 0 Å². The largest absolute Gasteiger partial charge is 0.0614 e. The van der Waals surface area contributed by atoms with E-state index in [0.29, 0.717) is 0 Å². The van der Waals surface area contributed by atoms with Crippen LogP contribution in [0.2, 0.25) is 0 Å². The monoisotopic (exact) mass is 172 g/mol. The van der Waals surface area contributed by atoms with Crippen molar-refractivity contribution >= 4 is 26.7 Å². The summed E-state index contributed by atoms with van der Waals surface area (Å²) in [6.45, 7) is 4.38. The van der Waals surface area contributed by atoms with Gasteiger partial charge in [-0.3, -0.25) is 0 Å². The maximum atomic E-state index is 2.27. The van der Waals surface area contributed by atoms with Gasteiger partial charge < -0.3 is 0 Å². The molecule has 1 aliphatic carbocycles. The van der Waals surface area contributed by atoms with Crippen molar-refractivity contribution in [3.05, 3.63) is 34.2 Å². The summed E-state index contributed by atoms with van der Waals surface area (Å²) in [7, 11) is 1.97. The molecular formula is C11H12Si. The molecule has 0 aromatic heterocycles. The van der Waals surface area contributed by atoms with Gasteiger partial charge in [-0.2, -0.15) is 0 Å². The van der Waals surface area contributed by atoms with Gasteiger partial charge in [0.25, 0.3) is 0 Å². The smallest absolute Gasteiger partial charge is 0.0124 e. The van der Waals surface area contributed by atoms with Crippen molar-refractivity contribution < 1.29 is 0 Å². The van der Waals surface area contributed by atoms with E-state index in [-0.39, 0.29) is 0 Å². The van der Waals surface area contributed by atoms with Crippen LogP contribution in [0.5, 0.6) is 0 Å². The summed E-state index contributed by atoms with van der Waals surface area (Å²) in [5, 5.41) is 4.26. The minimum atomic E-state index is 1.39. The highest BCUT2D eigenvalue weighted by atomic mass is 28.1. The van der Waals surface area contributed by atoms with Crippen LogP contribution >= 0.6 is 0 Å². The molecular weight excluding hydrogens is 160 g/mol. The lowest BCUT2D eigenvalue weighted by Crippen LogP contribution is -2.24. The fourth-order valence-electron chi connectivity index (χ4n) is 1.78. The quantitative estimate of drug-likeness (QED) is 0.474. The summed E-state index contributed by atoms with van der Waals surface area (Å²) in [6.07, 6.45) is 2.27. The van der Waals surface area contributed by atoms with E-state index in [1.165, 1.54) is 26.7 Å². The van der Waals surface area contributed by atoms with E-state index in [1.807, 2.05) is 9.85 Å². The standard InChI is InChI=1S/C11H12Si/c1-7-4-3-5-9-6-10(12)8(2)11(7)9/h3-6H,12H2,1-2H3. The first-order valence-corrected chi connectivity index (χ1v) is 4.88. The fourth-order valence-corrected chi connectivity index (χ4v) is 2.18. The highest BCUT2D eigenvalue weighted by molar-refractivity contribution is 6.61. The summed E-state index contributed by atoms with van der Waals surface area (Å²) in [5.74, 6) is 0. The molecule has 0 spiro atoms. The Morgan fingerprint density at radius 2 is 1.92 bits per heavy atom. The molecule has 0 N–H and O–H groups in total. The molecule has 12 heavy (non-hydrogen) atoms. The number of hydrogen-bond acceptors (Lipinski definition) is 0. The van der Waals surface area contributed by atoms with Crippen molar-refractivity contribution in [3.8, 4) is 0 Å². The maximum absolute atomic E-state index is 2.27. The second kappa shape index (κ2) is 2.52. The second-order valence-corrected chi connectivity index (χ2v) is 4.10. The zero-order valence-corrected chi connectivity index (χ0v) is 8.93. The molecule has 0 saturated carbocycles. The second-order valence-electron chi connectivity index (χ2n) is 3.33. The van der Waals surface area contributed by atoms with E-state index < -0.39 is 0 Å². The van der Waals surface area contributed by atoms with Gasteiger partial charge in [-0.1, -0.05) is 24.3 Å². The molecule has 0 fully saturated rings. The fraction of sp³-hybridized carbons (Fsp3) is 0.182. The van der Waals surface area contributed by atoms with Crippen LogP contribution in [0.4, 0.5) is 0 Å². The van der Waals surface area contributed by atoms with E-state index in [4.69, 9.17) is 0 Å². The van der Waals surface area contributed by atoms with Crippen LogP contribution in [-0.2, 0) is 0 Å². The average Bonchev–Trinajstić information content (AvgIpc) is 2.29. The minimum absolute atomic E-state index is 1.39. The normalized spacial score (nSPS) is 14.5. The number of fused-ring (bicyclic) bond motifs is 1. The first-order chi connectivity index (χ1) is 5.70. The summed E-state index contributed by atoms with van der Waals surface area (Å²) >= 11 is 0. The lowest BCUT2D eigenvalue weighted by molar-refractivity contribution is 1.37. The Morgan fingerprint density at radius 3 is 2.58 bits per heavy atom. The van der Waals surface area contributed by atoms with Crippen LogP contribution < -0.4 is 10.4 Å². The van der Waals surface area contributed by atoms with Crippen molar-refractivity contribution in [1.82, 2.24) is 0 Å². The van der Waals surface area contributed by atoms with E-state index >= 15 is 0 Å². The van der Waals surface area contributed by atoms with Crippen molar-refractivity contribution in [2.45, 2.75) is 13.8 Å². The van der Waals surface area contributed by atoms with Crippen molar-refractivity contribution in [1.29, 1.82) is 0 Å². The predicted octanol–water partition coefficient (Wildman–Crippen LogP) is -0.235. The zero-order valence-electron chi connectivity index (χ0n) is 7.52. The van der Waals surface area contributed by atoms with Crippen LogP contribution in [0.25, 0.3) is 11.6 Å². The highest BCUT2D eigenvalue weighted by Crippen LogP contribution is 1.99.